The smallest absolute Gasteiger partial charge is 0.342 e. The van der Waals surface area contributed by atoms with E-state index in [9.17, 15) is 9.90 Å². The van der Waals surface area contributed by atoms with Gasteiger partial charge in [0.25, 0.3) is 0 Å². The van der Waals surface area contributed by atoms with Crippen LogP contribution in [0, 0.1) is 6.92 Å². The number of halogens is 1. The van der Waals surface area contributed by atoms with Crippen molar-refractivity contribution in [3.8, 4) is 11.5 Å². The lowest BCUT2D eigenvalue weighted by molar-refractivity contribution is 0.0447. The number of hydrogen-bond donors (Lipinski definition) is 1. The number of benzene rings is 2. The summed E-state index contributed by atoms with van der Waals surface area (Å²) in [6.07, 6.45) is 0. The average molecular weight is 307 g/mol. The zero-order valence-corrected chi connectivity index (χ0v) is 12.3. The molecule has 0 bridgehead atoms. The monoisotopic (exact) mass is 306 g/mol. The molecule has 0 aromatic heterocycles. The minimum atomic E-state index is -0.613. The van der Waals surface area contributed by atoms with Crippen LogP contribution in [0.15, 0.2) is 42.5 Å². The Morgan fingerprint density at radius 2 is 1.95 bits per heavy atom. The number of rotatable bonds is 5. The molecule has 0 saturated heterocycles. The Morgan fingerprint density at radius 1 is 1.19 bits per heavy atom. The van der Waals surface area contributed by atoms with Crippen LogP contribution in [-0.2, 0) is 4.74 Å². The summed E-state index contributed by atoms with van der Waals surface area (Å²) in [4.78, 5) is 11.8. The molecule has 2 aromatic carbocycles. The number of esters is 1. The van der Waals surface area contributed by atoms with Crippen molar-refractivity contribution in [2.45, 2.75) is 6.92 Å². The predicted molar refractivity (Wildman–Crippen MR) is 80.1 cm³/mol. The summed E-state index contributed by atoms with van der Waals surface area (Å²) in [7, 11) is 0. The first-order valence-electron chi connectivity index (χ1n) is 6.42. The van der Waals surface area contributed by atoms with Gasteiger partial charge in [0, 0.05) is 5.02 Å². The largest absolute Gasteiger partial charge is 0.507 e. The lowest BCUT2D eigenvalue weighted by Gasteiger charge is -2.10. The normalized spacial score (nSPS) is 10.2. The zero-order valence-electron chi connectivity index (χ0n) is 11.5. The highest BCUT2D eigenvalue weighted by Crippen LogP contribution is 2.22. The number of aromatic hydroxyl groups is 1. The number of carbonyl (C=O) groups excluding carboxylic acids is 1. The molecule has 0 aliphatic rings. The van der Waals surface area contributed by atoms with Crippen LogP contribution in [0.5, 0.6) is 11.5 Å². The van der Waals surface area contributed by atoms with Gasteiger partial charge in [-0.25, -0.2) is 4.79 Å². The molecule has 2 rings (SSSR count). The summed E-state index contributed by atoms with van der Waals surface area (Å²) < 4.78 is 10.6. The standard InChI is InChI=1S/C16H15ClO4/c1-11-4-2-3-5-15(11)20-8-9-21-16(19)13-7-6-12(17)10-14(13)18/h2-7,10,18H,8-9H2,1H3. The molecule has 5 heteroatoms. The molecule has 2 aromatic rings. The van der Waals surface area contributed by atoms with Crippen LogP contribution in [-0.4, -0.2) is 24.3 Å². The second kappa shape index (κ2) is 6.99. The summed E-state index contributed by atoms with van der Waals surface area (Å²) >= 11 is 5.70. The molecule has 0 heterocycles. The molecule has 0 unspecified atom stereocenters. The lowest BCUT2D eigenvalue weighted by atomic mass is 10.2. The molecule has 0 fully saturated rings. The number of phenolic OH excluding ortho intramolecular Hbond substituents is 1. The van der Waals surface area contributed by atoms with Crippen LogP contribution in [0.4, 0.5) is 0 Å². The van der Waals surface area contributed by atoms with E-state index in [0.29, 0.717) is 5.02 Å². The van der Waals surface area contributed by atoms with Crippen LogP contribution in [0.2, 0.25) is 5.02 Å². The molecule has 0 saturated carbocycles. The maximum atomic E-state index is 11.8. The summed E-state index contributed by atoms with van der Waals surface area (Å²) in [5.41, 5.74) is 1.09. The molecule has 0 amide bonds. The number of aryl methyl sites for hydroxylation is 1. The quantitative estimate of drug-likeness (QED) is 0.677. The second-order valence-electron chi connectivity index (χ2n) is 4.41. The Balaban J connectivity index is 1.83. The van der Waals surface area contributed by atoms with Gasteiger partial charge in [-0.3, -0.25) is 0 Å². The highest BCUT2D eigenvalue weighted by Gasteiger charge is 2.12. The summed E-state index contributed by atoms with van der Waals surface area (Å²) in [5.74, 6) is -0.0623. The fraction of sp³-hybridized carbons (Fsp3) is 0.188. The number of carbonyl (C=O) groups is 1. The summed E-state index contributed by atoms with van der Waals surface area (Å²) in [6.45, 7) is 2.27. The Bertz CT molecular complexity index is 640. The van der Waals surface area contributed by atoms with Crippen LogP contribution in [0.1, 0.15) is 15.9 Å². The summed E-state index contributed by atoms with van der Waals surface area (Å²) in [5, 5.41) is 9.97. The third-order valence-electron chi connectivity index (χ3n) is 2.85. The Kier molecular flexibility index (Phi) is 5.06. The molecule has 0 spiro atoms. The predicted octanol–water partition coefficient (Wildman–Crippen LogP) is 3.59. The Morgan fingerprint density at radius 3 is 2.67 bits per heavy atom. The summed E-state index contributed by atoms with van der Waals surface area (Å²) in [6, 6.07) is 11.8. The van der Waals surface area contributed by atoms with Crippen LogP contribution < -0.4 is 4.74 Å². The first-order chi connectivity index (χ1) is 10.1. The van der Waals surface area contributed by atoms with Crippen LogP contribution >= 0.6 is 11.6 Å². The van der Waals surface area contributed by atoms with Gasteiger partial charge in [-0.1, -0.05) is 29.8 Å². The molecule has 0 radical (unpaired) electrons. The third-order valence-corrected chi connectivity index (χ3v) is 3.08. The number of ether oxygens (including phenoxy) is 2. The fourth-order valence-corrected chi connectivity index (χ4v) is 1.93. The Hall–Kier alpha value is -2.20. The van der Waals surface area contributed by atoms with E-state index in [1.165, 1.54) is 18.2 Å². The van der Waals surface area contributed by atoms with Crippen molar-refractivity contribution in [2.24, 2.45) is 0 Å². The minimum Gasteiger partial charge on any atom is -0.507 e. The van der Waals surface area contributed by atoms with E-state index in [2.05, 4.69) is 0 Å². The molecular weight excluding hydrogens is 292 g/mol. The van der Waals surface area contributed by atoms with Crippen molar-refractivity contribution >= 4 is 17.6 Å². The van der Waals surface area contributed by atoms with E-state index in [1.54, 1.807) is 0 Å². The SMILES string of the molecule is Cc1ccccc1OCCOC(=O)c1ccc(Cl)cc1O. The van der Waals surface area contributed by atoms with Crippen LogP contribution in [0.25, 0.3) is 0 Å². The van der Waals surface area contributed by atoms with Crippen molar-refractivity contribution in [3.05, 3.63) is 58.6 Å². The molecule has 21 heavy (non-hydrogen) atoms. The molecular formula is C16H15ClO4. The zero-order chi connectivity index (χ0) is 15.2. The van der Waals surface area contributed by atoms with Gasteiger partial charge in [-0.2, -0.15) is 0 Å². The maximum absolute atomic E-state index is 11.8. The highest BCUT2D eigenvalue weighted by molar-refractivity contribution is 6.30. The second-order valence-corrected chi connectivity index (χ2v) is 4.85. The van der Waals surface area contributed by atoms with Gasteiger partial charge in [0.15, 0.2) is 0 Å². The molecule has 110 valence electrons. The topological polar surface area (TPSA) is 55.8 Å². The van der Waals surface area contributed by atoms with Gasteiger partial charge in [0.05, 0.1) is 0 Å². The maximum Gasteiger partial charge on any atom is 0.342 e. The first-order valence-corrected chi connectivity index (χ1v) is 6.80. The van der Waals surface area contributed by atoms with Gasteiger partial charge in [0.2, 0.25) is 0 Å². The minimum absolute atomic E-state index is 0.0790. The molecule has 4 nitrogen and oxygen atoms in total. The highest BCUT2D eigenvalue weighted by atomic mass is 35.5. The van der Waals surface area contributed by atoms with E-state index < -0.39 is 5.97 Å². The number of phenols is 1. The fourth-order valence-electron chi connectivity index (χ4n) is 1.76. The number of para-hydroxylation sites is 1. The van der Waals surface area contributed by atoms with Gasteiger partial charge in [-0.05, 0) is 36.8 Å². The molecule has 0 aliphatic heterocycles. The van der Waals surface area contributed by atoms with Gasteiger partial charge in [0.1, 0.15) is 30.3 Å². The van der Waals surface area contributed by atoms with Gasteiger partial charge in [-0.15, -0.1) is 0 Å². The van der Waals surface area contributed by atoms with Crippen molar-refractivity contribution < 1.29 is 19.4 Å². The van der Waals surface area contributed by atoms with Crippen molar-refractivity contribution in [2.75, 3.05) is 13.2 Å². The van der Waals surface area contributed by atoms with Crippen molar-refractivity contribution in [1.82, 2.24) is 0 Å². The number of hydrogen-bond acceptors (Lipinski definition) is 4. The van der Waals surface area contributed by atoms with Gasteiger partial charge >= 0.3 is 5.97 Å². The van der Waals surface area contributed by atoms with E-state index in [-0.39, 0.29) is 24.5 Å². The molecule has 0 atom stereocenters. The average Bonchev–Trinajstić information content (AvgIpc) is 2.45. The lowest BCUT2D eigenvalue weighted by Crippen LogP contribution is -2.12. The van der Waals surface area contributed by atoms with E-state index in [4.69, 9.17) is 21.1 Å². The van der Waals surface area contributed by atoms with E-state index in [1.807, 2.05) is 31.2 Å². The van der Waals surface area contributed by atoms with Crippen molar-refractivity contribution in [3.63, 3.8) is 0 Å². The third kappa shape index (κ3) is 4.13. The van der Waals surface area contributed by atoms with Gasteiger partial charge < -0.3 is 14.6 Å². The molecule has 1 N–H and O–H groups in total. The van der Waals surface area contributed by atoms with E-state index >= 15 is 0 Å². The first kappa shape index (κ1) is 15.2. The Labute approximate surface area is 127 Å². The van der Waals surface area contributed by atoms with E-state index in [0.717, 1.165) is 11.3 Å². The van der Waals surface area contributed by atoms with Crippen LogP contribution in [0.3, 0.4) is 0 Å². The van der Waals surface area contributed by atoms with Crippen molar-refractivity contribution in [1.29, 1.82) is 0 Å². The molecule has 0 aliphatic carbocycles.